The first kappa shape index (κ1) is 28.8. The number of ether oxygens (including phenoxy) is 1. The van der Waals surface area contributed by atoms with Crippen LogP contribution in [0.4, 0.5) is 5.69 Å². The lowest BCUT2D eigenvalue weighted by molar-refractivity contribution is -0.146. The van der Waals surface area contributed by atoms with Gasteiger partial charge in [-0.2, -0.15) is 4.31 Å². The first-order valence-corrected chi connectivity index (χ1v) is 14.2. The number of esters is 1. The summed E-state index contributed by atoms with van der Waals surface area (Å²) in [5, 5.41) is 3.73. The molecule has 0 saturated heterocycles. The zero-order valence-electron chi connectivity index (χ0n) is 23.1. The third-order valence-electron chi connectivity index (χ3n) is 6.89. The third-order valence-corrected chi connectivity index (χ3v) is 8.74. The van der Waals surface area contributed by atoms with E-state index >= 15 is 0 Å². The molecule has 1 atom stereocenters. The Morgan fingerprint density at radius 1 is 1.00 bits per heavy atom. The summed E-state index contributed by atoms with van der Waals surface area (Å²) in [5.74, 6) is -1.00. The Bertz CT molecular complexity index is 1670. The Balaban J connectivity index is 1.51. The Morgan fingerprint density at radius 2 is 1.60 bits per heavy atom. The molecule has 40 heavy (non-hydrogen) atoms. The standard InChI is InChI=1S/C31H32N2O6S/c1-7-21-9-8-10-26-27(21)20(4)29(39-26)30(34)32-24-15-11-22(12-16-24)23-13-17-25(18-14-23)40(36,37)33(5)28(19(2)3)31(35)38-6/h7-19,28H,1H2,2-6H3,(H,32,34)/t28-/m0/s1. The van der Waals surface area contributed by atoms with E-state index in [0.717, 1.165) is 31.9 Å². The number of hydrogen-bond donors (Lipinski definition) is 1. The van der Waals surface area contributed by atoms with E-state index in [1.54, 1.807) is 44.2 Å². The van der Waals surface area contributed by atoms with Gasteiger partial charge in [-0.05, 0) is 59.9 Å². The number of furan rings is 1. The summed E-state index contributed by atoms with van der Waals surface area (Å²) in [5.41, 5.74) is 4.47. The monoisotopic (exact) mass is 560 g/mol. The van der Waals surface area contributed by atoms with Gasteiger partial charge < -0.3 is 14.5 Å². The van der Waals surface area contributed by atoms with Gasteiger partial charge in [0.2, 0.25) is 10.0 Å². The summed E-state index contributed by atoms with van der Waals surface area (Å²) in [6.45, 7) is 9.20. The maximum Gasteiger partial charge on any atom is 0.324 e. The van der Waals surface area contributed by atoms with Crippen LogP contribution in [0, 0.1) is 12.8 Å². The van der Waals surface area contributed by atoms with Gasteiger partial charge in [0.1, 0.15) is 11.6 Å². The minimum absolute atomic E-state index is 0.0676. The Labute approximate surface area is 234 Å². The van der Waals surface area contributed by atoms with Gasteiger partial charge in [0, 0.05) is 23.7 Å². The zero-order valence-corrected chi connectivity index (χ0v) is 23.9. The average Bonchev–Trinajstić information content (AvgIpc) is 3.29. The topological polar surface area (TPSA) is 106 Å². The maximum atomic E-state index is 13.2. The summed E-state index contributed by atoms with van der Waals surface area (Å²) >= 11 is 0. The number of nitrogens with zero attached hydrogens (tertiary/aromatic N) is 1. The fourth-order valence-corrected chi connectivity index (χ4v) is 6.19. The molecule has 1 aromatic heterocycles. The predicted octanol–water partition coefficient (Wildman–Crippen LogP) is 6.12. The second-order valence-corrected chi connectivity index (χ2v) is 11.8. The molecular weight excluding hydrogens is 528 g/mol. The molecule has 4 aromatic rings. The van der Waals surface area contributed by atoms with Crippen molar-refractivity contribution in [1.82, 2.24) is 4.31 Å². The van der Waals surface area contributed by atoms with Gasteiger partial charge in [-0.15, -0.1) is 0 Å². The van der Waals surface area contributed by atoms with Crippen molar-refractivity contribution in [3.8, 4) is 11.1 Å². The fraction of sp³-hybridized carbons (Fsp3) is 0.226. The van der Waals surface area contributed by atoms with E-state index < -0.39 is 22.0 Å². The number of rotatable bonds is 9. The molecule has 1 amide bonds. The lowest BCUT2D eigenvalue weighted by Gasteiger charge is -2.28. The van der Waals surface area contributed by atoms with Gasteiger partial charge in [0.25, 0.3) is 5.91 Å². The van der Waals surface area contributed by atoms with Gasteiger partial charge >= 0.3 is 5.97 Å². The molecule has 0 radical (unpaired) electrons. The summed E-state index contributed by atoms with van der Waals surface area (Å²) in [6, 6.07) is 18.3. The lowest BCUT2D eigenvalue weighted by Crippen LogP contribution is -2.46. The second kappa shape index (κ2) is 11.5. The number of amides is 1. The highest BCUT2D eigenvalue weighted by Crippen LogP contribution is 2.30. The van der Waals surface area contributed by atoms with Crippen molar-refractivity contribution < 1.29 is 27.2 Å². The van der Waals surface area contributed by atoms with Crippen molar-refractivity contribution in [2.75, 3.05) is 19.5 Å². The molecule has 9 heteroatoms. The van der Waals surface area contributed by atoms with E-state index in [4.69, 9.17) is 9.15 Å². The molecule has 1 N–H and O–H groups in total. The molecule has 0 bridgehead atoms. The van der Waals surface area contributed by atoms with Crippen LogP contribution in [-0.2, 0) is 19.6 Å². The number of hydrogen-bond acceptors (Lipinski definition) is 6. The van der Waals surface area contributed by atoms with E-state index in [9.17, 15) is 18.0 Å². The van der Waals surface area contributed by atoms with Crippen LogP contribution in [0.25, 0.3) is 28.2 Å². The summed E-state index contributed by atoms with van der Waals surface area (Å²) < 4.78 is 38.1. The van der Waals surface area contributed by atoms with Crippen molar-refractivity contribution in [1.29, 1.82) is 0 Å². The van der Waals surface area contributed by atoms with Gasteiger partial charge in [0.05, 0.1) is 12.0 Å². The predicted molar refractivity (Wildman–Crippen MR) is 156 cm³/mol. The molecule has 8 nitrogen and oxygen atoms in total. The number of likely N-dealkylation sites (N-methyl/N-ethyl adjacent to an activating group) is 1. The molecule has 0 spiro atoms. The van der Waals surface area contributed by atoms with Crippen LogP contribution in [0.3, 0.4) is 0 Å². The van der Waals surface area contributed by atoms with E-state index in [1.165, 1.54) is 26.3 Å². The van der Waals surface area contributed by atoms with Crippen LogP contribution in [0.2, 0.25) is 0 Å². The first-order valence-electron chi connectivity index (χ1n) is 12.7. The average molecular weight is 561 g/mol. The number of carbonyl (C=O) groups is 2. The molecule has 1 heterocycles. The van der Waals surface area contributed by atoms with Crippen molar-refractivity contribution in [3.05, 3.63) is 90.2 Å². The number of carbonyl (C=O) groups excluding carboxylic acids is 2. The second-order valence-electron chi connectivity index (χ2n) is 9.77. The van der Waals surface area contributed by atoms with Crippen LogP contribution >= 0.6 is 0 Å². The largest absolute Gasteiger partial charge is 0.468 e. The highest BCUT2D eigenvalue weighted by molar-refractivity contribution is 7.89. The molecule has 4 rings (SSSR count). The molecular formula is C31H32N2O6S. The summed E-state index contributed by atoms with van der Waals surface area (Å²) in [4.78, 5) is 25.3. The third kappa shape index (κ3) is 5.43. The fourth-order valence-electron chi connectivity index (χ4n) is 4.75. The van der Waals surface area contributed by atoms with Gasteiger partial charge in [-0.25, -0.2) is 8.42 Å². The van der Waals surface area contributed by atoms with Crippen molar-refractivity contribution in [2.24, 2.45) is 5.92 Å². The lowest BCUT2D eigenvalue weighted by atomic mass is 10.0. The maximum absolute atomic E-state index is 13.2. The van der Waals surface area contributed by atoms with Crippen LogP contribution in [0.5, 0.6) is 0 Å². The number of fused-ring (bicyclic) bond motifs is 1. The number of nitrogens with one attached hydrogen (secondary N) is 1. The summed E-state index contributed by atoms with van der Waals surface area (Å²) in [6.07, 6.45) is 1.73. The summed E-state index contributed by atoms with van der Waals surface area (Å²) in [7, 11) is -1.31. The first-order chi connectivity index (χ1) is 19.0. The van der Waals surface area contributed by atoms with Crippen LogP contribution in [0.1, 0.15) is 35.5 Å². The van der Waals surface area contributed by atoms with Crippen LogP contribution in [-0.4, -0.2) is 44.8 Å². The zero-order chi connectivity index (χ0) is 29.2. The number of methoxy groups -OCH3 is 1. The molecule has 0 unspecified atom stereocenters. The van der Waals surface area contributed by atoms with E-state index in [2.05, 4.69) is 11.9 Å². The molecule has 0 aliphatic heterocycles. The molecule has 0 saturated carbocycles. The van der Waals surface area contributed by atoms with E-state index in [1.807, 2.05) is 37.3 Å². The number of aryl methyl sites for hydroxylation is 1. The van der Waals surface area contributed by atoms with Crippen molar-refractivity contribution in [3.63, 3.8) is 0 Å². The van der Waals surface area contributed by atoms with Crippen LogP contribution in [0.15, 0.2) is 82.6 Å². The molecule has 0 fully saturated rings. The van der Waals surface area contributed by atoms with Gasteiger partial charge in [-0.3, -0.25) is 9.59 Å². The van der Waals surface area contributed by atoms with Crippen molar-refractivity contribution >= 4 is 44.6 Å². The SMILES string of the molecule is C=Cc1cccc2oc(C(=O)Nc3ccc(-c4ccc(S(=O)(=O)N(C)[C@H](C(=O)OC)C(C)C)cc4)cc3)c(C)c12. The highest BCUT2D eigenvalue weighted by Gasteiger charge is 2.35. The highest BCUT2D eigenvalue weighted by atomic mass is 32.2. The number of benzene rings is 3. The minimum atomic E-state index is -3.93. The number of sulfonamides is 1. The minimum Gasteiger partial charge on any atom is -0.468 e. The van der Waals surface area contributed by atoms with Gasteiger partial charge in [0.15, 0.2) is 5.76 Å². The Morgan fingerprint density at radius 3 is 2.15 bits per heavy atom. The molecule has 3 aromatic carbocycles. The molecule has 208 valence electrons. The van der Waals surface area contributed by atoms with Crippen molar-refractivity contribution in [2.45, 2.75) is 31.7 Å². The van der Waals surface area contributed by atoms with Gasteiger partial charge in [-0.1, -0.05) is 62.9 Å². The molecule has 0 aliphatic carbocycles. The quantitative estimate of drug-likeness (QED) is 0.247. The Kier molecular flexibility index (Phi) is 8.27. The van der Waals surface area contributed by atoms with E-state index in [-0.39, 0.29) is 22.5 Å². The van der Waals surface area contributed by atoms with E-state index in [0.29, 0.717) is 11.3 Å². The van der Waals surface area contributed by atoms with Crippen LogP contribution < -0.4 is 5.32 Å². The Hall–Kier alpha value is -4.21. The number of anilines is 1. The smallest absolute Gasteiger partial charge is 0.324 e. The normalized spacial score (nSPS) is 12.5. The molecule has 0 aliphatic rings.